The van der Waals surface area contributed by atoms with Crippen molar-refractivity contribution in [3.63, 3.8) is 0 Å². The Morgan fingerprint density at radius 1 is 1.24 bits per heavy atom. The molecule has 3 nitrogen and oxygen atoms in total. The number of benzene rings is 1. The van der Waals surface area contributed by atoms with Gasteiger partial charge < -0.3 is 15.8 Å². The van der Waals surface area contributed by atoms with Gasteiger partial charge in [0, 0.05) is 0 Å². The van der Waals surface area contributed by atoms with Crippen LogP contribution in [0.4, 0.5) is 5.69 Å². The molecular weight excluding hydrogens is 232 g/mol. The minimum absolute atomic E-state index is 0.268. The Balaban J connectivity index is 2.05. The van der Waals surface area contributed by atoms with Crippen LogP contribution >= 0.6 is 12.2 Å². The molecule has 17 heavy (non-hydrogen) atoms. The van der Waals surface area contributed by atoms with Crippen LogP contribution in [0.15, 0.2) is 24.3 Å². The maximum absolute atomic E-state index is 6.01. The number of nitrogens with two attached hydrogens (primary N) is 1. The van der Waals surface area contributed by atoms with Gasteiger partial charge >= 0.3 is 0 Å². The summed E-state index contributed by atoms with van der Waals surface area (Å²) in [6.07, 6.45) is 6.46. The number of hydrogen-bond donors (Lipinski definition) is 2. The standard InChI is InChI=1S/C13H18N2OS/c14-13(17)15-11-8-4-5-9-12(11)16-10-6-2-1-3-7-10/h4-5,8-10H,1-3,6-7H2,(H3,14,15,17). The van der Waals surface area contributed by atoms with Gasteiger partial charge in [-0.05, 0) is 50.0 Å². The molecule has 0 spiro atoms. The average Bonchev–Trinajstić information content (AvgIpc) is 2.32. The molecule has 1 aromatic carbocycles. The number of hydrogen-bond acceptors (Lipinski definition) is 2. The van der Waals surface area contributed by atoms with Gasteiger partial charge in [0.25, 0.3) is 0 Å². The highest BCUT2D eigenvalue weighted by atomic mass is 32.1. The predicted octanol–water partition coefficient (Wildman–Crippen LogP) is 3.05. The van der Waals surface area contributed by atoms with Gasteiger partial charge in [-0.3, -0.25) is 0 Å². The Bertz CT molecular complexity index is 389. The Hall–Kier alpha value is -1.29. The van der Waals surface area contributed by atoms with E-state index in [1.807, 2.05) is 24.3 Å². The fourth-order valence-electron chi connectivity index (χ4n) is 2.17. The van der Waals surface area contributed by atoms with Crippen LogP contribution in [0.3, 0.4) is 0 Å². The van der Waals surface area contributed by atoms with Gasteiger partial charge in [-0.2, -0.15) is 0 Å². The van der Waals surface area contributed by atoms with E-state index in [0.717, 1.165) is 24.3 Å². The van der Waals surface area contributed by atoms with Crippen LogP contribution < -0.4 is 15.8 Å². The first-order valence-corrected chi connectivity index (χ1v) is 6.48. The molecule has 0 atom stereocenters. The smallest absolute Gasteiger partial charge is 0.168 e. The van der Waals surface area contributed by atoms with Crippen molar-refractivity contribution in [1.82, 2.24) is 0 Å². The third-order valence-electron chi connectivity index (χ3n) is 2.99. The van der Waals surface area contributed by atoms with E-state index in [-0.39, 0.29) is 5.11 Å². The summed E-state index contributed by atoms with van der Waals surface area (Å²) in [7, 11) is 0. The Morgan fingerprint density at radius 2 is 1.94 bits per heavy atom. The molecule has 2 rings (SSSR count). The van der Waals surface area contributed by atoms with Gasteiger partial charge in [0.05, 0.1) is 11.8 Å². The first-order chi connectivity index (χ1) is 8.25. The van der Waals surface area contributed by atoms with Crippen molar-refractivity contribution in [2.24, 2.45) is 5.73 Å². The number of thiocarbonyl (C=S) groups is 1. The Morgan fingerprint density at radius 3 is 2.65 bits per heavy atom. The fraction of sp³-hybridized carbons (Fsp3) is 0.462. The normalized spacial score (nSPS) is 16.5. The number of ether oxygens (including phenoxy) is 1. The molecule has 0 aromatic heterocycles. The van der Waals surface area contributed by atoms with E-state index in [1.54, 1.807) is 0 Å². The molecule has 3 N–H and O–H groups in total. The van der Waals surface area contributed by atoms with Crippen molar-refractivity contribution in [3.8, 4) is 5.75 Å². The molecule has 0 bridgehead atoms. The van der Waals surface area contributed by atoms with E-state index >= 15 is 0 Å². The van der Waals surface area contributed by atoms with Gasteiger partial charge in [-0.25, -0.2) is 0 Å². The van der Waals surface area contributed by atoms with Crippen molar-refractivity contribution in [1.29, 1.82) is 0 Å². The molecule has 1 aliphatic carbocycles. The van der Waals surface area contributed by atoms with Crippen molar-refractivity contribution >= 4 is 23.0 Å². The van der Waals surface area contributed by atoms with E-state index in [0.29, 0.717) is 6.10 Å². The summed E-state index contributed by atoms with van der Waals surface area (Å²) in [5.41, 5.74) is 6.34. The molecule has 4 heteroatoms. The maximum atomic E-state index is 6.01. The first kappa shape index (κ1) is 12.2. The molecule has 0 saturated heterocycles. The van der Waals surface area contributed by atoms with Crippen LogP contribution in [0.25, 0.3) is 0 Å². The molecule has 0 aliphatic heterocycles. The number of rotatable bonds is 3. The van der Waals surface area contributed by atoms with Crippen LogP contribution in [-0.4, -0.2) is 11.2 Å². The van der Waals surface area contributed by atoms with E-state index in [1.165, 1.54) is 19.3 Å². The highest BCUT2D eigenvalue weighted by Crippen LogP contribution is 2.28. The summed E-state index contributed by atoms with van der Waals surface area (Å²) in [4.78, 5) is 0. The van der Waals surface area contributed by atoms with E-state index in [4.69, 9.17) is 22.7 Å². The topological polar surface area (TPSA) is 47.3 Å². The van der Waals surface area contributed by atoms with Crippen molar-refractivity contribution in [3.05, 3.63) is 24.3 Å². The molecule has 0 unspecified atom stereocenters. The fourth-order valence-corrected chi connectivity index (χ4v) is 2.28. The van der Waals surface area contributed by atoms with Crippen molar-refractivity contribution < 1.29 is 4.74 Å². The second-order valence-electron chi connectivity index (χ2n) is 4.36. The van der Waals surface area contributed by atoms with Crippen LogP contribution in [0.1, 0.15) is 32.1 Å². The Kier molecular flexibility index (Phi) is 4.20. The molecule has 0 heterocycles. The van der Waals surface area contributed by atoms with E-state index in [2.05, 4.69) is 5.32 Å². The molecule has 1 aliphatic rings. The molecule has 1 fully saturated rings. The third kappa shape index (κ3) is 3.60. The van der Waals surface area contributed by atoms with Gasteiger partial charge in [-0.1, -0.05) is 18.6 Å². The summed E-state index contributed by atoms with van der Waals surface area (Å²) < 4.78 is 6.01. The summed E-state index contributed by atoms with van der Waals surface area (Å²) >= 11 is 4.85. The molecule has 1 saturated carbocycles. The zero-order chi connectivity index (χ0) is 12.1. The molecule has 0 amide bonds. The van der Waals surface area contributed by atoms with Gasteiger partial charge in [0.2, 0.25) is 0 Å². The molecule has 1 aromatic rings. The van der Waals surface area contributed by atoms with E-state index < -0.39 is 0 Å². The van der Waals surface area contributed by atoms with Crippen LogP contribution in [0, 0.1) is 0 Å². The summed E-state index contributed by atoms with van der Waals surface area (Å²) in [5, 5.41) is 3.22. The van der Waals surface area contributed by atoms with E-state index in [9.17, 15) is 0 Å². The SMILES string of the molecule is NC(=S)Nc1ccccc1OC1CCCCC1. The second kappa shape index (κ2) is 5.87. The zero-order valence-electron chi connectivity index (χ0n) is 9.82. The monoisotopic (exact) mass is 250 g/mol. The highest BCUT2D eigenvalue weighted by molar-refractivity contribution is 7.80. The molecular formula is C13H18N2OS. The lowest BCUT2D eigenvalue weighted by atomic mass is 9.98. The molecule has 0 radical (unpaired) electrons. The zero-order valence-corrected chi connectivity index (χ0v) is 10.6. The Labute approximate surface area is 107 Å². The number of para-hydroxylation sites is 2. The summed E-state index contributed by atoms with van der Waals surface area (Å²) in [5.74, 6) is 0.840. The lowest BCUT2D eigenvalue weighted by Gasteiger charge is -2.24. The van der Waals surface area contributed by atoms with Gasteiger partial charge in [-0.15, -0.1) is 0 Å². The summed E-state index contributed by atoms with van der Waals surface area (Å²) in [6, 6.07) is 7.78. The third-order valence-corrected chi connectivity index (χ3v) is 3.09. The summed E-state index contributed by atoms with van der Waals surface area (Å²) in [6.45, 7) is 0. The average molecular weight is 250 g/mol. The van der Waals surface area contributed by atoms with Gasteiger partial charge in [0.15, 0.2) is 5.11 Å². The minimum Gasteiger partial charge on any atom is -0.488 e. The van der Waals surface area contributed by atoms with Crippen LogP contribution in [-0.2, 0) is 0 Å². The van der Waals surface area contributed by atoms with Crippen molar-refractivity contribution in [2.75, 3.05) is 5.32 Å². The van der Waals surface area contributed by atoms with Crippen LogP contribution in [0.2, 0.25) is 0 Å². The lowest BCUT2D eigenvalue weighted by Crippen LogP contribution is -2.22. The minimum atomic E-state index is 0.268. The quantitative estimate of drug-likeness (QED) is 0.809. The number of nitrogens with one attached hydrogen (secondary N) is 1. The van der Waals surface area contributed by atoms with Crippen molar-refractivity contribution in [2.45, 2.75) is 38.2 Å². The second-order valence-corrected chi connectivity index (χ2v) is 4.80. The van der Waals surface area contributed by atoms with Gasteiger partial charge in [0.1, 0.15) is 5.75 Å². The first-order valence-electron chi connectivity index (χ1n) is 6.08. The largest absolute Gasteiger partial charge is 0.488 e. The van der Waals surface area contributed by atoms with Crippen LogP contribution in [0.5, 0.6) is 5.75 Å². The maximum Gasteiger partial charge on any atom is 0.168 e. The highest BCUT2D eigenvalue weighted by Gasteiger charge is 2.16. The lowest BCUT2D eigenvalue weighted by molar-refractivity contribution is 0.156. The number of anilines is 1. The molecule has 92 valence electrons. The predicted molar refractivity (Wildman–Crippen MR) is 74.4 cm³/mol.